The van der Waals surface area contributed by atoms with Gasteiger partial charge >= 0.3 is 0 Å². The van der Waals surface area contributed by atoms with Crippen LogP contribution in [0.3, 0.4) is 0 Å². The highest BCUT2D eigenvalue weighted by molar-refractivity contribution is 6.28. The quantitative estimate of drug-likeness (QED) is 0.582. The topological polar surface area (TPSA) is 30.7 Å². The number of hydrogen-bond acceptors (Lipinski definition) is 2. The molecule has 0 aliphatic carbocycles. The summed E-state index contributed by atoms with van der Waals surface area (Å²) in [5.41, 5.74) is 0. The molecule has 0 atom stereocenters. The molecule has 0 aliphatic heterocycles. The molecule has 0 bridgehead atoms. The monoisotopic (exact) mass is 167 g/mol. The van der Waals surface area contributed by atoms with E-state index in [9.17, 15) is 0 Å². The minimum absolute atomic E-state index is 0. The summed E-state index contributed by atoms with van der Waals surface area (Å²) in [4.78, 5) is 3.83. The van der Waals surface area contributed by atoms with Crippen molar-refractivity contribution in [3.05, 3.63) is 11.1 Å². The van der Waals surface area contributed by atoms with Crippen LogP contribution in [0.4, 0.5) is 0 Å². The largest absolute Gasteiger partial charge is 0.252 e. The molecule has 0 spiro atoms. The normalized spacial score (nSPS) is 8.78. The Balaban J connectivity index is 0.000000640. The maximum absolute atomic E-state index is 5.42. The van der Waals surface area contributed by atoms with Crippen molar-refractivity contribution in [1.82, 2.24) is 14.8 Å². The highest BCUT2D eigenvalue weighted by Crippen LogP contribution is 1.98. The van der Waals surface area contributed by atoms with E-state index in [1.54, 1.807) is 11.7 Å². The van der Waals surface area contributed by atoms with Gasteiger partial charge in [-0.2, -0.15) is 0 Å². The number of rotatable bonds is 0. The molecule has 3 nitrogen and oxygen atoms in total. The molecular weight excluding hydrogens is 161 g/mol. The predicted octanol–water partition coefficient (Wildman–Crippen LogP) is 1.20. The van der Waals surface area contributed by atoms with Crippen LogP contribution in [0.5, 0.6) is 0 Å². The summed E-state index contributed by atoms with van der Waals surface area (Å²) in [6.07, 6.45) is 0. The SMILES string of the molecule is Cc1nc(Cl)nn1C.Cl. The minimum atomic E-state index is 0. The maximum Gasteiger partial charge on any atom is 0.242 e. The van der Waals surface area contributed by atoms with Crippen LogP contribution in [0.1, 0.15) is 5.82 Å². The molecule has 0 unspecified atom stereocenters. The molecule has 0 N–H and O–H groups in total. The summed E-state index contributed by atoms with van der Waals surface area (Å²) < 4.78 is 1.63. The Morgan fingerprint density at radius 3 is 2.22 bits per heavy atom. The van der Waals surface area contributed by atoms with E-state index in [2.05, 4.69) is 10.1 Å². The fourth-order valence-electron chi connectivity index (χ4n) is 0.424. The van der Waals surface area contributed by atoms with Crippen molar-refractivity contribution >= 4 is 24.0 Å². The van der Waals surface area contributed by atoms with Crippen molar-refractivity contribution in [3.63, 3.8) is 0 Å². The highest BCUT2D eigenvalue weighted by Gasteiger charge is 1.95. The zero-order valence-corrected chi connectivity index (χ0v) is 6.70. The van der Waals surface area contributed by atoms with Gasteiger partial charge < -0.3 is 0 Å². The van der Waals surface area contributed by atoms with Crippen LogP contribution < -0.4 is 0 Å². The molecule has 1 aromatic rings. The molecule has 9 heavy (non-hydrogen) atoms. The molecule has 0 saturated heterocycles. The average Bonchev–Trinajstić information content (AvgIpc) is 1.85. The number of aryl methyl sites for hydroxylation is 2. The maximum atomic E-state index is 5.42. The van der Waals surface area contributed by atoms with E-state index < -0.39 is 0 Å². The zero-order valence-electron chi connectivity index (χ0n) is 5.13. The fraction of sp³-hybridized carbons (Fsp3) is 0.500. The third kappa shape index (κ3) is 1.84. The van der Waals surface area contributed by atoms with Crippen molar-refractivity contribution < 1.29 is 0 Å². The first kappa shape index (κ1) is 8.72. The van der Waals surface area contributed by atoms with E-state index in [1.807, 2.05) is 6.92 Å². The Hall–Kier alpha value is -0.280. The first-order valence-electron chi connectivity index (χ1n) is 2.23. The van der Waals surface area contributed by atoms with Crippen molar-refractivity contribution in [2.75, 3.05) is 0 Å². The second-order valence-electron chi connectivity index (χ2n) is 1.55. The van der Waals surface area contributed by atoms with Gasteiger partial charge in [0.15, 0.2) is 0 Å². The van der Waals surface area contributed by atoms with Crippen LogP contribution in [-0.4, -0.2) is 14.8 Å². The third-order valence-corrected chi connectivity index (χ3v) is 1.12. The lowest BCUT2D eigenvalue weighted by Crippen LogP contribution is -1.91. The Kier molecular flexibility index (Phi) is 2.94. The first-order chi connectivity index (χ1) is 3.70. The number of halogens is 2. The van der Waals surface area contributed by atoms with Crippen LogP contribution in [0.2, 0.25) is 5.28 Å². The van der Waals surface area contributed by atoms with Gasteiger partial charge in [-0.3, -0.25) is 4.68 Å². The zero-order chi connectivity index (χ0) is 6.15. The lowest BCUT2D eigenvalue weighted by Gasteiger charge is -1.84. The van der Waals surface area contributed by atoms with E-state index in [4.69, 9.17) is 11.6 Å². The summed E-state index contributed by atoms with van der Waals surface area (Å²) in [6.45, 7) is 1.85. The molecule has 0 radical (unpaired) electrons. The predicted molar refractivity (Wildman–Crippen MR) is 38.0 cm³/mol. The Morgan fingerprint density at radius 1 is 1.56 bits per heavy atom. The summed E-state index contributed by atoms with van der Waals surface area (Å²) >= 11 is 5.42. The second kappa shape index (κ2) is 3.03. The third-order valence-electron chi connectivity index (χ3n) is 0.955. The number of hydrogen-bond donors (Lipinski definition) is 0. The summed E-state index contributed by atoms with van der Waals surface area (Å²) in [7, 11) is 1.80. The van der Waals surface area contributed by atoms with Crippen molar-refractivity contribution in [2.24, 2.45) is 7.05 Å². The highest BCUT2D eigenvalue weighted by atomic mass is 35.5. The fourth-order valence-corrected chi connectivity index (χ4v) is 0.660. The van der Waals surface area contributed by atoms with E-state index in [1.165, 1.54) is 0 Å². The summed E-state index contributed by atoms with van der Waals surface area (Å²) in [5, 5.41) is 4.09. The second-order valence-corrected chi connectivity index (χ2v) is 1.89. The van der Waals surface area contributed by atoms with E-state index in [0.717, 1.165) is 5.82 Å². The van der Waals surface area contributed by atoms with Crippen LogP contribution >= 0.6 is 24.0 Å². The van der Waals surface area contributed by atoms with Gasteiger partial charge in [-0.05, 0) is 18.5 Å². The van der Waals surface area contributed by atoms with Gasteiger partial charge in [0.2, 0.25) is 5.28 Å². The molecule has 1 aromatic heterocycles. The number of nitrogens with zero attached hydrogens (tertiary/aromatic N) is 3. The average molecular weight is 168 g/mol. The molecular formula is C4H7Cl2N3. The van der Waals surface area contributed by atoms with Gasteiger partial charge in [-0.15, -0.1) is 17.5 Å². The molecule has 1 rings (SSSR count). The van der Waals surface area contributed by atoms with E-state index >= 15 is 0 Å². The standard InChI is InChI=1S/C4H6ClN3.ClH/c1-3-6-4(5)7-8(3)2;/h1-2H3;1H. The first-order valence-corrected chi connectivity index (χ1v) is 2.61. The molecule has 0 fully saturated rings. The van der Waals surface area contributed by atoms with Gasteiger partial charge in [-0.25, -0.2) is 4.98 Å². The Morgan fingerprint density at radius 2 is 2.11 bits per heavy atom. The molecule has 0 amide bonds. The van der Waals surface area contributed by atoms with Gasteiger partial charge in [0.1, 0.15) is 5.82 Å². The van der Waals surface area contributed by atoms with Crippen LogP contribution in [0.15, 0.2) is 0 Å². The van der Waals surface area contributed by atoms with Crippen molar-refractivity contribution in [2.45, 2.75) is 6.92 Å². The number of aromatic nitrogens is 3. The molecule has 0 aromatic carbocycles. The minimum Gasteiger partial charge on any atom is -0.252 e. The lowest BCUT2D eigenvalue weighted by atomic mass is 10.7. The Labute approximate surface area is 64.4 Å². The molecule has 0 saturated carbocycles. The smallest absolute Gasteiger partial charge is 0.242 e. The Bertz CT molecular complexity index is 176. The van der Waals surface area contributed by atoms with Crippen molar-refractivity contribution in [3.8, 4) is 0 Å². The van der Waals surface area contributed by atoms with E-state index in [-0.39, 0.29) is 12.4 Å². The van der Waals surface area contributed by atoms with E-state index in [0.29, 0.717) is 5.28 Å². The van der Waals surface area contributed by atoms with Gasteiger partial charge in [0, 0.05) is 7.05 Å². The molecule has 5 heteroatoms. The van der Waals surface area contributed by atoms with Gasteiger partial charge in [-0.1, -0.05) is 0 Å². The van der Waals surface area contributed by atoms with Gasteiger partial charge in [0.25, 0.3) is 0 Å². The summed E-state index contributed by atoms with van der Waals surface area (Å²) in [5.74, 6) is 0.829. The lowest BCUT2D eigenvalue weighted by molar-refractivity contribution is 0.734. The summed E-state index contributed by atoms with van der Waals surface area (Å²) in [6, 6.07) is 0. The molecule has 52 valence electrons. The molecule has 1 heterocycles. The van der Waals surface area contributed by atoms with Crippen molar-refractivity contribution in [1.29, 1.82) is 0 Å². The van der Waals surface area contributed by atoms with Crippen LogP contribution in [0, 0.1) is 6.92 Å². The van der Waals surface area contributed by atoms with Crippen LogP contribution in [-0.2, 0) is 7.05 Å². The van der Waals surface area contributed by atoms with Crippen LogP contribution in [0.25, 0.3) is 0 Å². The van der Waals surface area contributed by atoms with Gasteiger partial charge in [0.05, 0.1) is 0 Å². The molecule has 0 aliphatic rings.